The summed E-state index contributed by atoms with van der Waals surface area (Å²) in [4.78, 5) is 24.4. The molecule has 2 amide bonds. The standard InChI is InChI=1S/C14H20N2O4/c1-9(2)7-12(13(18)19)15-14(20)16(3)10-5-4-6-11(17)8-10/h4-6,8-9,12,17H,7H2,1-3H3,(H,15,20)(H,18,19)/t12-/m0/s1. The number of carboxylic acids is 1. The van der Waals surface area contributed by atoms with Gasteiger partial charge in [-0.3, -0.25) is 4.90 Å². The number of carbonyl (C=O) groups excluding carboxylic acids is 1. The van der Waals surface area contributed by atoms with E-state index in [1.54, 1.807) is 12.1 Å². The number of benzene rings is 1. The Kier molecular flexibility index (Phi) is 5.37. The van der Waals surface area contributed by atoms with Gasteiger partial charge >= 0.3 is 12.0 Å². The molecule has 0 saturated heterocycles. The predicted molar refractivity (Wildman–Crippen MR) is 75.9 cm³/mol. The van der Waals surface area contributed by atoms with Crippen molar-refractivity contribution in [2.45, 2.75) is 26.3 Å². The third-order valence-corrected chi connectivity index (χ3v) is 2.82. The van der Waals surface area contributed by atoms with Crippen LogP contribution in [0.1, 0.15) is 20.3 Å². The van der Waals surface area contributed by atoms with Gasteiger partial charge in [0.05, 0.1) is 0 Å². The van der Waals surface area contributed by atoms with Crippen LogP contribution in [0.5, 0.6) is 5.75 Å². The highest BCUT2D eigenvalue weighted by molar-refractivity contribution is 5.94. The van der Waals surface area contributed by atoms with Crippen molar-refractivity contribution < 1.29 is 19.8 Å². The molecule has 1 aromatic carbocycles. The van der Waals surface area contributed by atoms with Crippen molar-refractivity contribution in [3.05, 3.63) is 24.3 Å². The fourth-order valence-electron chi connectivity index (χ4n) is 1.76. The number of urea groups is 1. The van der Waals surface area contributed by atoms with Crippen LogP contribution in [-0.4, -0.2) is 35.3 Å². The second-order valence-corrected chi connectivity index (χ2v) is 5.05. The molecule has 0 unspecified atom stereocenters. The van der Waals surface area contributed by atoms with E-state index in [0.717, 1.165) is 0 Å². The molecular weight excluding hydrogens is 260 g/mol. The number of phenolic OH excluding ortho intramolecular Hbond substituents is 1. The number of amides is 2. The lowest BCUT2D eigenvalue weighted by Gasteiger charge is -2.22. The molecular formula is C14H20N2O4. The van der Waals surface area contributed by atoms with E-state index in [1.165, 1.54) is 24.1 Å². The molecule has 6 heteroatoms. The number of aromatic hydroxyl groups is 1. The average Bonchev–Trinajstić information content (AvgIpc) is 2.36. The van der Waals surface area contributed by atoms with Crippen LogP contribution < -0.4 is 10.2 Å². The summed E-state index contributed by atoms with van der Waals surface area (Å²) in [6, 6.07) is 4.73. The quantitative estimate of drug-likeness (QED) is 0.770. The van der Waals surface area contributed by atoms with Crippen LogP contribution in [0.3, 0.4) is 0 Å². The molecule has 110 valence electrons. The van der Waals surface area contributed by atoms with Gasteiger partial charge in [0.15, 0.2) is 0 Å². The minimum atomic E-state index is -1.06. The predicted octanol–water partition coefficient (Wildman–Crippen LogP) is 2.04. The zero-order chi connectivity index (χ0) is 15.3. The molecule has 20 heavy (non-hydrogen) atoms. The van der Waals surface area contributed by atoms with Gasteiger partial charge in [0.1, 0.15) is 11.8 Å². The van der Waals surface area contributed by atoms with E-state index in [0.29, 0.717) is 12.1 Å². The first kappa shape index (κ1) is 15.8. The second kappa shape index (κ2) is 6.79. The number of aliphatic carboxylic acids is 1. The lowest BCUT2D eigenvalue weighted by molar-refractivity contribution is -0.139. The molecule has 0 radical (unpaired) electrons. The van der Waals surface area contributed by atoms with Crippen LogP contribution in [0.15, 0.2) is 24.3 Å². The summed E-state index contributed by atoms with van der Waals surface area (Å²) in [6.07, 6.45) is 0.356. The fourth-order valence-corrected chi connectivity index (χ4v) is 1.76. The lowest BCUT2D eigenvalue weighted by Crippen LogP contribution is -2.47. The largest absolute Gasteiger partial charge is 0.508 e. The molecule has 3 N–H and O–H groups in total. The Morgan fingerprint density at radius 3 is 2.50 bits per heavy atom. The number of nitrogens with one attached hydrogen (secondary N) is 1. The van der Waals surface area contributed by atoms with E-state index in [1.807, 2.05) is 13.8 Å². The van der Waals surface area contributed by atoms with Gasteiger partial charge in [0, 0.05) is 18.8 Å². The van der Waals surface area contributed by atoms with Crippen molar-refractivity contribution in [3.63, 3.8) is 0 Å². The van der Waals surface area contributed by atoms with Crippen LogP contribution in [0.2, 0.25) is 0 Å². The second-order valence-electron chi connectivity index (χ2n) is 5.05. The van der Waals surface area contributed by atoms with E-state index < -0.39 is 18.0 Å². The Morgan fingerprint density at radius 2 is 2.00 bits per heavy atom. The minimum Gasteiger partial charge on any atom is -0.508 e. The molecule has 1 atom stereocenters. The Balaban J connectivity index is 2.76. The van der Waals surface area contributed by atoms with Gasteiger partial charge in [-0.05, 0) is 24.5 Å². The van der Waals surface area contributed by atoms with Crippen molar-refractivity contribution in [2.75, 3.05) is 11.9 Å². The minimum absolute atomic E-state index is 0.0408. The van der Waals surface area contributed by atoms with E-state index in [2.05, 4.69) is 5.32 Å². The first-order valence-electron chi connectivity index (χ1n) is 6.37. The monoisotopic (exact) mass is 280 g/mol. The van der Waals surface area contributed by atoms with Crippen LogP contribution in [0, 0.1) is 5.92 Å². The number of hydrogen-bond acceptors (Lipinski definition) is 3. The van der Waals surface area contributed by atoms with Gasteiger partial charge in [-0.2, -0.15) is 0 Å². The van der Waals surface area contributed by atoms with Crippen molar-refractivity contribution in [3.8, 4) is 5.75 Å². The highest BCUT2D eigenvalue weighted by Crippen LogP contribution is 2.19. The van der Waals surface area contributed by atoms with Crippen molar-refractivity contribution >= 4 is 17.7 Å². The Bertz CT molecular complexity index is 488. The molecule has 1 rings (SSSR count). The average molecular weight is 280 g/mol. The highest BCUT2D eigenvalue weighted by atomic mass is 16.4. The van der Waals surface area contributed by atoms with Crippen LogP contribution in [0.25, 0.3) is 0 Å². The molecule has 0 spiro atoms. The summed E-state index contributed by atoms with van der Waals surface area (Å²) < 4.78 is 0. The molecule has 0 fully saturated rings. The number of carboxylic acid groups (broad SMARTS) is 1. The number of anilines is 1. The van der Waals surface area contributed by atoms with E-state index in [4.69, 9.17) is 5.11 Å². The van der Waals surface area contributed by atoms with E-state index >= 15 is 0 Å². The van der Waals surface area contributed by atoms with Crippen molar-refractivity contribution in [1.29, 1.82) is 0 Å². The number of phenols is 1. The number of carbonyl (C=O) groups is 2. The summed E-state index contributed by atoms with van der Waals surface area (Å²) in [6.45, 7) is 3.78. The van der Waals surface area contributed by atoms with Gasteiger partial charge in [0.25, 0.3) is 0 Å². The maximum atomic E-state index is 12.0. The Hall–Kier alpha value is -2.24. The molecule has 6 nitrogen and oxygen atoms in total. The highest BCUT2D eigenvalue weighted by Gasteiger charge is 2.23. The first-order chi connectivity index (χ1) is 9.31. The molecule has 0 aliphatic heterocycles. The van der Waals surface area contributed by atoms with Crippen molar-refractivity contribution in [2.24, 2.45) is 5.92 Å². The maximum absolute atomic E-state index is 12.0. The third kappa shape index (κ3) is 4.46. The number of nitrogens with zero attached hydrogens (tertiary/aromatic N) is 1. The van der Waals surface area contributed by atoms with Crippen LogP contribution >= 0.6 is 0 Å². The first-order valence-corrected chi connectivity index (χ1v) is 6.37. The van der Waals surface area contributed by atoms with Gasteiger partial charge in [0.2, 0.25) is 0 Å². The zero-order valence-electron chi connectivity index (χ0n) is 11.8. The van der Waals surface area contributed by atoms with E-state index in [-0.39, 0.29) is 11.7 Å². The van der Waals surface area contributed by atoms with Crippen LogP contribution in [0.4, 0.5) is 10.5 Å². The number of rotatable bonds is 5. The topological polar surface area (TPSA) is 89.9 Å². The maximum Gasteiger partial charge on any atom is 0.326 e. The summed E-state index contributed by atoms with van der Waals surface area (Å²) in [5.41, 5.74) is 0.483. The molecule has 0 aliphatic carbocycles. The normalized spacial score (nSPS) is 12.0. The zero-order valence-corrected chi connectivity index (χ0v) is 11.8. The Morgan fingerprint density at radius 1 is 1.35 bits per heavy atom. The summed E-state index contributed by atoms with van der Waals surface area (Å²) >= 11 is 0. The molecule has 1 aromatic rings. The van der Waals surface area contributed by atoms with Gasteiger partial charge < -0.3 is 15.5 Å². The van der Waals surface area contributed by atoms with E-state index in [9.17, 15) is 14.7 Å². The molecule has 0 heterocycles. The fraction of sp³-hybridized carbons (Fsp3) is 0.429. The SMILES string of the molecule is CC(C)C[C@H](NC(=O)N(C)c1cccc(O)c1)C(=O)O. The van der Waals surface area contributed by atoms with Gasteiger partial charge in [-0.1, -0.05) is 19.9 Å². The summed E-state index contributed by atoms with van der Waals surface area (Å²) in [5, 5.41) is 20.9. The molecule has 0 aliphatic rings. The van der Waals surface area contributed by atoms with Crippen LogP contribution in [-0.2, 0) is 4.79 Å². The molecule has 0 aromatic heterocycles. The smallest absolute Gasteiger partial charge is 0.326 e. The molecule has 0 bridgehead atoms. The lowest BCUT2D eigenvalue weighted by atomic mass is 10.0. The van der Waals surface area contributed by atoms with Gasteiger partial charge in [-0.25, -0.2) is 9.59 Å². The number of hydrogen-bond donors (Lipinski definition) is 3. The summed E-state index contributed by atoms with van der Waals surface area (Å²) in [5.74, 6) is -0.863. The summed E-state index contributed by atoms with van der Waals surface area (Å²) in [7, 11) is 1.51. The molecule has 0 saturated carbocycles. The third-order valence-electron chi connectivity index (χ3n) is 2.82. The van der Waals surface area contributed by atoms with Crippen molar-refractivity contribution in [1.82, 2.24) is 5.32 Å². The Labute approximate surface area is 118 Å². The van der Waals surface area contributed by atoms with Gasteiger partial charge in [-0.15, -0.1) is 0 Å².